The molecule has 1 aliphatic rings. The number of carbonyl (C=O) groups is 1. The second-order valence-electron chi connectivity index (χ2n) is 9.11. The first-order valence-corrected chi connectivity index (χ1v) is 15.1. The first-order valence-electron chi connectivity index (χ1n) is 11.4. The van der Waals surface area contributed by atoms with Crippen LogP contribution in [0.3, 0.4) is 0 Å². The quantitative estimate of drug-likeness (QED) is 0.542. The van der Waals surface area contributed by atoms with Crippen molar-refractivity contribution in [3.63, 3.8) is 0 Å². The molecular weight excluding hydrogens is 541 g/mol. The number of benzene rings is 2. The number of amides is 1. The van der Waals surface area contributed by atoms with Gasteiger partial charge in [0.05, 0.1) is 16.5 Å². The Bertz CT molecular complexity index is 1490. The van der Waals surface area contributed by atoms with E-state index in [0.717, 1.165) is 16.0 Å². The number of sulfone groups is 1. The summed E-state index contributed by atoms with van der Waals surface area (Å²) in [6, 6.07) is 11.2. The Balaban J connectivity index is 1.88. The Morgan fingerprint density at radius 2 is 1.92 bits per heavy atom. The largest absolute Gasteiger partial charge is 0.347 e. The van der Waals surface area contributed by atoms with E-state index in [9.17, 15) is 26.9 Å². The van der Waals surface area contributed by atoms with Gasteiger partial charge in [-0.05, 0) is 38.1 Å². The zero-order valence-electron chi connectivity index (χ0n) is 20.5. The smallest absolute Gasteiger partial charge is 0.258 e. The first-order chi connectivity index (χ1) is 17.2. The molecule has 0 aromatic heterocycles. The summed E-state index contributed by atoms with van der Waals surface area (Å²) in [6.07, 6.45) is 1.46. The number of hydrogen-bond donors (Lipinski definition) is 1. The molecule has 0 saturated carbocycles. The third-order valence-electron chi connectivity index (χ3n) is 6.08. The second kappa shape index (κ2) is 10.9. The predicted molar refractivity (Wildman–Crippen MR) is 140 cm³/mol. The maximum Gasteiger partial charge on any atom is 0.258 e. The van der Waals surface area contributed by atoms with Crippen LogP contribution in [0.25, 0.3) is 11.1 Å². The molecule has 0 spiro atoms. The average Bonchev–Trinajstić information content (AvgIpc) is 2.82. The number of hydrogen-bond acceptors (Lipinski definition) is 6. The fourth-order valence-corrected chi connectivity index (χ4v) is 6.81. The summed E-state index contributed by atoms with van der Waals surface area (Å²) in [5.74, 6) is -0.933. The monoisotopic (exact) mass is 567 g/mol. The zero-order valence-corrected chi connectivity index (χ0v) is 22.9. The van der Waals surface area contributed by atoms with Crippen LogP contribution in [0.5, 0.6) is 0 Å². The lowest BCUT2D eigenvalue weighted by molar-refractivity contribution is -0.136. The lowest BCUT2D eigenvalue weighted by Gasteiger charge is -2.39. The van der Waals surface area contributed by atoms with Crippen molar-refractivity contribution in [2.45, 2.75) is 49.3 Å². The highest BCUT2D eigenvalue weighted by atomic mass is 35.5. The van der Waals surface area contributed by atoms with Crippen LogP contribution < -0.4 is 5.32 Å². The molecule has 0 unspecified atom stereocenters. The molecule has 1 heterocycles. The van der Waals surface area contributed by atoms with Gasteiger partial charge in [-0.25, -0.2) is 21.2 Å². The molecule has 0 aliphatic carbocycles. The molecule has 0 bridgehead atoms. The van der Waals surface area contributed by atoms with Crippen LogP contribution in [-0.2, 0) is 24.7 Å². The fourth-order valence-electron chi connectivity index (χ4n) is 4.23. The minimum atomic E-state index is -4.17. The number of halogens is 2. The molecule has 12 heteroatoms. The van der Waals surface area contributed by atoms with Gasteiger partial charge in [-0.3, -0.25) is 4.79 Å². The third-order valence-corrected chi connectivity index (χ3v) is 9.13. The van der Waals surface area contributed by atoms with Crippen molar-refractivity contribution in [2.24, 2.45) is 0 Å². The molecule has 1 fully saturated rings. The van der Waals surface area contributed by atoms with Crippen LogP contribution in [0.2, 0.25) is 5.02 Å². The summed E-state index contributed by atoms with van der Waals surface area (Å²) in [7, 11) is -7.58. The Morgan fingerprint density at radius 1 is 1.24 bits per heavy atom. The lowest BCUT2D eigenvalue weighted by atomic mass is 9.89. The van der Waals surface area contributed by atoms with Crippen molar-refractivity contribution < 1.29 is 26.0 Å². The third kappa shape index (κ3) is 6.57. The Kier molecular flexibility index (Phi) is 8.49. The zero-order chi connectivity index (χ0) is 27.6. The van der Waals surface area contributed by atoms with E-state index < -0.39 is 49.9 Å². The Hall–Kier alpha value is -2.78. The van der Waals surface area contributed by atoms with Crippen molar-refractivity contribution >= 4 is 37.4 Å². The van der Waals surface area contributed by atoms with Crippen LogP contribution >= 0.6 is 11.6 Å². The van der Waals surface area contributed by atoms with E-state index in [4.69, 9.17) is 11.6 Å². The standard InChI is InChI=1S/C25H27ClFN3O5S2/c1-17(10-13-36(3,32)33)29-24(31)25(27)11-12-30(18(2)15-25)37(34,35)23-9-8-19(16-28)14-21(23)20-6-4-5-7-22(20)26/h4-10,13-14,17-18H,11-12,15H2,1-3H3,(H,29,31)/b13-10-/t17-,18-,25+/m1/s1. The molecule has 8 nitrogen and oxygen atoms in total. The number of nitrogens with one attached hydrogen (secondary N) is 1. The van der Waals surface area contributed by atoms with Crippen molar-refractivity contribution in [2.75, 3.05) is 12.8 Å². The molecule has 2 aromatic rings. The van der Waals surface area contributed by atoms with Crippen molar-refractivity contribution in [3.8, 4) is 17.2 Å². The van der Waals surface area contributed by atoms with Gasteiger partial charge in [0.2, 0.25) is 10.0 Å². The van der Waals surface area contributed by atoms with Gasteiger partial charge >= 0.3 is 0 Å². The number of rotatable bonds is 7. The van der Waals surface area contributed by atoms with Crippen LogP contribution in [0, 0.1) is 11.3 Å². The number of nitrogens with zero attached hydrogens (tertiary/aromatic N) is 2. The number of piperidine rings is 1. The molecule has 198 valence electrons. The van der Waals surface area contributed by atoms with Gasteiger partial charge in [0.15, 0.2) is 15.5 Å². The molecule has 37 heavy (non-hydrogen) atoms. The topological polar surface area (TPSA) is 124 Å². The van der Waals surface area contributed by atoms with Gasteiger partial charge in [-0.1, -0.05) is 35.9 Å². The van der Waals surface area contributed by atoms with Gasteiger partial charge in [-0.15, -0.1) is 0 Å². The summed E-state index contributed by atoms with van der Waals surface area (Å²) in [5.41, 5.74) is -1.41. The minimum Gasteiger partial charge on any atom is -0.347 e. The van der Waals surface area contributed by atoms with Crippen molar-refractivity contribution in [1.82, 2.24) is 9.62 Å². The first kappa shape index (κ1) is 28.8. The Morgan fingerprint density at radius 3 is 2.51 bits per heavy atom. The van der Waals surface area contributed by atoms with Gasteiger partial charge in [0.1, 0.15) is 0 Å². The van der Waals surface area contributed by atoms with E-state index in [1.807, 2.05) is 6.07 Å². The maximum absolute atomic E-state index is 15.7. The highest BCUT2D eigenvalue weighted by Crippen LogP contribution is 2.38. The van der Waals surface area contributed by atoms with Gasteiger partial charge in [-0.2, -0.15) is 9.57 Å². The van der Waals surface area contributed by atoms with E-state index in [1.165, 1.54) is 38.1 Å². The molecule has 1 saturated heterocycles. The summed E-state index contributed by atoms with van der Waals surface area (Å²) in [6.45, 7) is 2.76. The molecule has 2 aromatic carbocycles. The molecule has 3 atom stereocenters. The highest BCUT2D eigenvalue weighted by Gasteiger charge is 2.48. The summed E-state index contributed by atoms with van der Waals surface area (Å²) >= 11 is 6.33. The van der Waals surface area contributed by atoms with Gasteiger partial charge in [0, 0.05) is 59.3 Å². The Labute approximate surface area is 221 Å². The van der Waals surface area contributed by atoms with Crippen LogP contribution in [0.1, 0.15) is 32.3 Å². The van der Waals surface area contributed by atoms with Crippen LogP contribution in [0.15, 0.2) is 58.8 Å². The van der Waals surface area contributed by atoms with Crippen LogP contribution in [0.4, 0.5) is 4.39 Å². The number of alkyl halides is 1. The molecule has 1 aliphatic heterocycles. The summed E-state index contributed by atoms with van der Waals surface area (Å²) < 4.78 is 66.9. The molecular formula is C25H27ClFN3O5S2. The normalized spacial score (nSPS) is 21.9. The molecule has 0 radical (unpaired) electrons. The maximum atomic E-state index is 15.7. The number of carbonyl (C=O) groups excluding carboxylic acids is 1. The SMILES string of the molecule is C[C@H](/C=C\S(C)(=O)=O)NC(=O)[C@]1(F)CCN(S(=O)(=O)c2ccc(C#N)cc2-c2ccccc2Cl)[C@H](C)C1. The van der Waals surface area contributed by atoms with Crippen LogP contribution in [-0.4, -0.2) is 57.6 Å². The van der Waals surface area contributed by atoms with E-state index in [0.29, 0.717) is 10.6 Å². The van der Waals surface area contributed by atoms with E-state index >= 15 is 4.39 Å². The predicted octanol–water partition coefficient (Wildman–Crippen LogP) is 3.82. The van der Waals surface area contributed by atoms with Crippen molar-refractivity contribution in [1.29, 1.82) is 5.26 Å². The molecule has 1 amide bonds. The molecule has 1 N–H and O–H groups in total. The highest BCUT2D eigenvalue weighted by molar-refractivity contribution is 7.93. The number of sulfonamides is 1. The second-order valence-corrected chi connectivity index (χ2v) is 13.3. The molecule has 3 rings (SSSR count). The van der Waals surface area contributed by atoms with Gasteiger partial charge < -0.3 is 5.32 Å². The summed E-state index contributed by atoms with van der Waals surface area (Å²) in [4.78, 5) is 12.6. The van der Waals surface area contributed by atoms with E-state index in [2.05, 4.69) is 5.32 Å². The average molecular weight is 568 g/mol. The van der Waals surface area contributed by atoms with E-state index in [-0.39, 0.29) is 29.0 Å². The lowest BCUT2D eigenvalue weighted by Crippen LogP contribution is -2.56. The van der Waals surface area contributed by atoms with Gasteiger partial charge in [0.25, 0.3) is 5.91 Å². The summed E-state index contributed by atoms with van der Waals surface area (Å²) in [5, 5.41) is 13.0. The fraction of sp³-hybridized carbons (Fsp3) is 0.360. The van der Waals surface area contributed by atoms with E-state index in [1.54, 1.807) is 24.3 Å². The minimum absolute atomic E-state index is 0.0817. The van der Waals surface area contributed by atoms with Crippen molar-refractivity contribution in [3.05, 3.63) is 64.5 Å². The number of nitriles is 1.